The molecule has 0 bridgehead atoms. The average molecular weight is 290 g/mol. The lowest BCUT2D eigenvalue weighted by molar-refractivity contribution is -0.151. The van der Waals surface area contributed by atoms with Gasteiger partial charge in [0.05, 0.1) is 6.61 Å². The molecule has 0 aromatic heterocycles. The minimum atomic E-state index is -1.10. The van der Waals surface area contributed by atoms with Gasteiger partial charge in [-0.05, 0) is 37.8 Å². The lowest BCUT2D eigenvalue weighted by Gasteiger charge is -2.33. The second-order valence-electron chi connectivity index (χ2n) is 5.83. The number of nitrogens with zero attached hydrogens (tertiary/aromatic N) is 1. The maximum Gasteiger partial charge on any atom is 0.332 e. The molecule has 1 saturated carbocycles. The molecule has 1 aromatic rings. The molecular formula is C17H26N2O2. The lowest BCUT2D eigenvalue weighted by Crippen LogP contribution is -2.54. The standard InChI is InChI=1S/C17H26N2O2/c1-3-19(12-14-10-11-14)13-17(18,16(20)21-4-2)15-8-6-5-7-9-15/h5-9,14H,3-4,10-13,18H2,1-2H3. The van der Waals surface area contributed by atoms with E-state index < -0.39 is 5.54 Å². The second-order valence-corrected chi connectivity index (χ2v) is 5.83. The van der Waals surface area contributed by atoms with E-state index >= 15 is 0 Å². The molecule has 1 aliphatic carbocycles. The van der Waals surface area contributed by atoms with Gasteiger partial charge in [0.2, 0.25) is 0 Å². The summed E-state index contributed by atoms with van der Waals surface area (Å²) < 4.78 is 5.24. The number of rotatable bonds is 8. The minimum absolute atomic E-state index is 0.342. The topological polar surface area (TPSA) is 55.6 Å². The number of nitrogens with two attached hydrogens (primary N) is 1. The zero-order valence-corrected chi connectivity index (χ0v) is 13.0. The zero-order chi connectivity index (χ0) is 15.3. The summed E-state index contributed by atoms with van der Waals surface area (Å²) in [6.07, 6.45) is 2.58. The largest absolute Gasteiger partial charge is 0.464 e. The van der Waals surface area contributed by atoms with E-state index in [9.17, 15) is 4.79 Å². The molecule has 1 aromatic carbocycles. The summed E-state index contributed by atoms with van der Waals surface area (Å²) in [5.74, 6) is 0.428. The number of carbonyl (C=O) groups is 1. The highest BCUT2D eigenvalue weighted by atomic mass is 16.5. The van der Waals surface area contributed by atoms with Crippen molar-refractivity contribution in [1.29, 1.82) is 0 Å². The predicted molar refractivity (Wildman–Crippen MR) is 83.8 cm³/mol. The first kappa shape index (κ1) is 16.0. The van der Waals surface area contributed by atoms with Crippen LogP contribution in [0.5, 0.6) is 0 Å². The third-order valence-electron chi connectivity index (χ3n) is 4.06. The third kappa shape index (κ3) is 4.05. The maximum atomic E-state index is 12.4. The molecule has 116 valence electrons. The summed E-state index contributed by atoms with van der Waals surface area (Å²) in [6, 6.07) is 9.56. The Kier molecular flexibility index (Phi) is 5.37. The second kappa shape index (κ2) is 7.05. The van der Waals surface area contributed by atoms with Gasteiger partial charge in [0.1, 0.15) is 0 Å². The van der Waals surface area contributed by atoms with E-state index in [0.29, 0.717) is 13.2 Å². The molecule has 0 amide bonds. The van der Waals surface area contributed by atoms with E-state index in [-0.39, 0.29) is 5.97 Å². The van der Waals surface area contributed by atoms with Crippen LogP contribution in [0.25, 0.3) is 0 Å². The molecule has 0 heterocycles. The quantitative estimate of drug-likeness (QED) is 0.745. The number of ether oxygens (including phenoxy) is 1. The Bertz CT molecular complexity index is 459. The summed E-state index contributed by atoms with van der Waals surface area (Å²) in [7, 11) is 0. The highest BCUT2D eigenvalue weighted by Crippen LogP contribution is 2.31. The van der Waals surface area contributed by atoms with Gasteiger partial charge in [0.15, 0.2) is 5.54 Å². The monoisotopic (exact) mass is 290 g/mol. The van der Waals surface area contributed by atoms with E-state index in [1.54, 1.807) is 0 Å². The summed E-state index contributed by atoms with van der Waals surface area (Å²) in [6.45, 7) is 6.68. The average Bonchev–Trinajstić information content (AvgIpc) is 3.31. The highest BCUT2D eigenvalue weighted by Gasteiger charge is 2.40. The fraction of sp³-hybridized carbons (Fsp3) is 0.588. The van der Waals surface area contributed by atoms with Gasteiger partial charge >= 0.3 is 5.97 Å². The van der Waals surface area contributed by atoms with E-state index in [1.807, 2.05) is 37.3 Å². The van der Waals surface area contributed by atoms with Crippen LogP contribution in [-0.2, 0) is 15.1 Å². The Morgan fingerprint density at radius 1 is 1.33 bits per heavy atom. The van der Waals surface area contributed by atoms with Gasteiger partial charge in [-0.3, -0.25) is 0 Å². The Labute approximate surface area is 127 Å². The molecule has 1 fully saturated rings. The van der Waals surface area contributed by atoms with Crippen LogP contribution in [0, 0.1) is 5.92 Å². The van der Waals surface area contributed by atoms with Crippen molar-refractivity contribution in [2.75, 3.05) is 26.2 Å². The van der Waals surface area contributed by atoms with Gasteiger partial charge < -0.3 is 15.4 Å². The zero-order valence-electron chi connectivity index (χ0n) is 13.0. The molecule has 1 aliphatic rings. The molecule has 0 saturated heterocycles. The predicted octanol–water partition coefficient (Wildman–Crippen LogP) is 2.14. The third-order valence-corrected chi connectivity index (χ3v) is 4.06. The Morgan fingerprint density at radius 3 is 2.52 bits per heavy atom. The molecular weight excluding hydrogens is 264 g/mol. The molecule has 1 unspecified atom stereocenters. The molecule has 2 rings (SSSR count). The smallest absolute Gasteiger partial charge is 0.332 e. The number of hydrogen-bond acceptors (Lipinski definition) is 4. The molecule has 4 heteroatoms. The highest BCUT2D eigenvalue weighted by molar-refractivity contribution is 5.82. The number of benzene rings is 1. The fourth-order valence-corrected chi connectivity index (χ4v) is 2.59. The summed E-state index contributed by atoms with van der Waals surface area (Å²) >= 11 is 0. The lowest BCUT2D eigenvalue weighted by atomic mass is 9.90. The van der Waals surface area contributed by atoms with Crippen LogP contribution in [0.15, 0.2) is 30.3 Å². The summed E-state index contributed by atoms with van der Waals surface area (Å²) in [4.78, 5) is 14.7. The molecule has 2 N–H and O–H groups in total. The summed E-state index contributed by atoms with van der Waals surface area (Å²) in [5, 5.41) is 0. The van der Waals surface area contributed by atoms with Gasteiger partial charge in [-0.25, -0.2) is 4.79 Å². The van der Waals surface area contributed by atoms with Gasteiger partial charge in [-0.1, -0.05) is 37.3 Å². The first-order chi connectivity index (χ1) is 10.1. The van der Waals surface area contributed by atoms with Gasteiger partial charge in [0.25, 0.3) is 0 Å². The van der Waals surface area contributed by atoms with Crippen LogP contribution in [-0.4, -0.2) is 37.1 Å². The Morgan fingerprint density at radius 2 is 2.00 bits per heavy atom. The summed E-state index contributed by atoms with van der Waals surface area (Å²) in [5.41, 5.74) is 6.23. The molecule has 0 spiro atoms. The van der Waals surface area contributed by atoms with Crippen molar-refractivity contribution in [3.8, 4) is 0 Å². The molecule has 1 atom stereocenters. The van der Waals surface area contributed by atoms with Crippen LogP contribution in [0.3, 0.4) is 0 Å². The van der Waals surface area contributed by atoms with Gasteiger partial charge in [-0.2, -0.15) is 0 Å². The van der Waals surface area contributed by atoms with Gasteiger partial charge in [0, 0.05) is 13.1 Å². The van der Waals surface area contributed by atoms with Crippen molar-refractivity contribution in [3.05, 3.63) is 35.9 Å². The van der Waals surface area contributed by atoms with E-state index in [0.717, 1.165) is 24.6 Å². The van der Waals surface area contributed by atoms with Crippen molar-refractivity contribution < 1.29 is 9.53 Å². The van der Waals surface area contributed by atoms with Crippen LogP contribution < -0.4 is 5.73 Å². The molecule has 0 aliphatic heterocycles. The first-order valence-electron chi connectivity index (χ1n) is 7.84. The SMILES string of the molecule is CCOC(=O)C(N)(CN(CC)CC1CC1)c1ccccc1. The number of hydrogen-bond donors (Lipinski definition) is 1. The molecule has 0 radical (unpaired) electrons. The first-order valence-corrected chi connectivity index (χ1v) is 7.84. The van der Waals surface area contributed by atoms with Crippen LogP contribution in [0.2, 0.25) is 0 Å². The van der Waals surface area contributed by atoms with Crippen LogP contribution >= 0.6 is 0 Å². The van der Waals surface area contributed by atoms with E-state index in [2.05, 4.69) is 11.8 Å². The van der Waals surface area contributed by atoms with E-state index in [1.165, 1.54) is 12.8 Å². The van der Waals surface area contributed by atoms with Crippen molar-refractivity contribution >= 4 is 5.97 Å². The maximum absolute atomic E-state index is 12.4. The van der Waals surface area contributed by atoms with Crippen molar-refractivity contribution in [3.63, 3.8) is 0 Å². The Balaban J connectivity index is 2.19. The number of carbonyl (C=O) groups excluding carboxylic acids is 1. The normalized spacial score (nSPS) is 17.5. The Hall–Kier alpha value is -1.39. The van der Waals surface area contributed by atoms with Crippen molar-refractivity contribution in [1.82, 2.24) is 4.90 Å². The van der Waals surface area contributed by atoms with Crippen LogP contribution in [0.4, 0.5) is 0 Å². The fourth-order valence-electron chi connectivity index (χ4n) is 2.59. The minimum Gasteiger partial charge on any atom is -0.464 e. The molecule has 4 nitrogen and oxygen atoms in total. The van der Waals surface area contributed by atoms with Crippen molar-refractivity contribution in [2.45, 2.75) is 32.2 Å². The number of esters is 1. The number of likely N-dealkylation sites (N-methyl/N-ethyl adjacent to an activating group) is 1. The van der Waals surface area contributed by atoms with Crippen LogP contribution in [0.1, 0.15) is 32.3 Å². The van der Waals surface area contributed by atoms with E-state index in [4.69, 9.17) is 10.5 Å². The molecule has 21 heavy (non-hydrogen) atoms. The van der Waals surface area contributed by atoms with Gasteiger partial charge in [-0.15, -0.1) is 0 Å². The van der Waals surface area contributed by atoms with Crippen molar-refractivity contribution in [2.24, 2.45) is 11.7 Å².